The molecule has 1 aromatic carbocycles. The Kier molecular flexibility index (Phi) is 2.86. The van der Waals surface area contributed by atoms with Crippen molar-refractivity contribution in [2.24, 2.45) is 0 Å². The molecule has 4 heteroatoms. The van der Waals surface area contributed by atoms with E-state index in [1.54, 1.807) is 12.1 Å². The monoisotopic (exact) mass is 212 g/mol. The van der Waals surface area contributed by atoms with E-state index in [-0.39, 0.29) is 6.04 Å². The van der Waals surface area contributed by atoms with Crippen LogP contribution in [-0.2, 0) is 0 Å². The number of anilines is 1. The summed E-state index contributed by atoms with van der Waals surface area (Å²) in [5, 5.41) is 3.21. The van der Waals surface area contributed by atoms with Crippen molar-refractivity contribution in [1.82, 2.24) is 5.32 Å². The number of hydrogen-bond acceptors (Lipinski definition) is 2. The maximum atomic E-state index is 13.5. The minimum Gasteiger partial charge on any atom is -0.364 e. The molecular weight excluding hydrogens is 198 g/mol. The summed E-state index contributed by atoms with van der Waals surface area (Å²) < 4.78 is 26.6. The molecule has 0 aliphatic carbocycles. The molecule has 0 spiro atoms. The third kappa shape index (κ3) is 1.95. The van der Waals surface area contributed by atoms with E-state index in [9.17, 15) is 8.78 Å². The van der Waals surface area contributed by atoms with Crippen molar-refractivity contribution in [2.75, 3.05) is 24.5 Å². The summed E-state index contributed by atoms with van der Waals surface area (Å²) >= 11 is 0. The number of halogens is 2. The lowest BCUT2D eigenvalue weighted by Crippen LogP contribution is -2.50. The van der Waals surface area contributed by atoms with E-state index in [0.717, 1.165) is 19.2 Å². The molecule has 0 amide bonds. The second kappa shape index (κ2) is 4.14. The van der Waals surface area contributed by atoms with Crippen LogP contribution in [0.4, 0.5) is 14.5 Å². The fourth-order valence-electron chi connectivity index (χ4n) is 1.91. The first kappa shape index (κ1) is 10.4. The Morgan fingerprint density at radius 3 is 2.93 bits per heavy atom. The molecule has 0 saturated carbocycles. The quantitative estimate of drug-likeness (QED) is 0.763. The highest BCUT2D eigenvalue weighted by molar-refractivity contribution is 5.49. The zero-order valence-electron chi connectivity index (χ0n) is 8.63. The van der Waals surface area contributed by atoms with Crippen LogP contribution in [0.15, 0.2) is 18.2 Å². The fraction of sp³-hybridized carbons (Fsp3) is 0.455. The van der Waals surface area contributed by atoms with Crippen LogP contribution in [0.5, 0.6) is 0 Å². The average molecular weight is 212 g/mol. The van der Waals surface area contributed by atoms with Crippen molar-refractivity contribution < 1.29 is 8.78 Å². The van der Waals surface area contributed by atoms with Crippen LogP contribution >= 0.6 is 0 Å². The molecule has 0 bridgehead atoms. The molecule has 2 rings (SSSR count). The van der Waals surface area contributed by atoms with E-state index in [0.29, 0.717) is 12.2 Å². The summed E-state index contributed by atoms with van der Waals surface area (Å²) in [6.07, 6.45) is 0. The third-order valence-corrected chi connectivity index (χ3v) is 2.74. The molecule has 1 atom stereocenters. The molecule has 0 unspecified atom stereocenters. The van der Waals surface area contributed by atoms with E-state index >= 15 is 0 Å². The van der Waals surface area contributed by atoms with Crippen molar-refractivity contribution in [2.45, 2.75) is 13.0 Å². The van der Waals surface area contributed by atoms with Gasteiger partial charge < -0.3 is 10.2 Å². The molecule has 1 fully saturated rings. The highest BCUT2D eigenvalue weighted by Gasteiger charge is 2.21. The van der Waals surface area contributed by atoms with Gasteiger partial charge in [-0.3, -0.25) is 0 Å². The first-order valence-corrected chi connectivity index (χ1v) is 5.11. The van der Waals surface area contributed by atoms with Gasteiger partial charge in [0.25, 0.3) is 0 Å². The molecular formula is C11H14F2N2. The molecule has 1 aliphatic heterocycles. The number of piperazine rings is 1. The summed E-state index contributed by atoms with van der Waals surface area (Å²) in [7, 11) is 0. The topological polar surface area (TPSA) is 15.3 Å². The van der Waals surface area contributed by atoms with E-state index in [1.807, 2.05) is 11.8 Å². The lowest BCUT2D eigenvalue weighted by Gasteiger charge is -2.36. The second-order valence-corrected chi connectivity index (χ2v) is 3.82. The smallest absolute Gasteiger partial charge is 0.182 e. The van der Waals surface area contributed by atoms with Gasteiger partial charge in [0.15, 0.2) is 11.6 Å². The molecule has 1 aromatic rings. The number of nitrogens with zero attached hydrogens (tertiary/aromatic N) is 1. The first-order chi connectivity index (χ1) is 7.20. The van der Waals surface area contributed by atoms with Crippen molar-refractivity contribution in [3.63, 3.8) is 0 Å². The van der Waals surface area contributed by atoms with Gasteiger partial charge in [-0.1, -0.05) is 6.07 Å². The van der Waals surface area contributed by atoms with Gasteiger partial charge in [0.05, 0.1) is 5.69 Å². The molecule has 1 N–H and O–H groups in total. The Hall–Kier alpha value is -1.16. The molecule has 0 aromatic heterocycles. The predicted molar refractivity (Wildman–Crippen MR) is 56.0 cm³/mol. The zero-order valence-corrected chi connectivity index (χ0v) is 8.63. The summed E-state index contributed by atoms with van der Waals surface area (Å²) in [5.41, 5.74) is 0.365. The SMILES string of the molecule is C[C@@H]1CNCCN1c1cccc(F)c1F. The average Bonchev–Trinajstić information content (AvgIpc) is 2.23. The molecule has 0 radical (unpaired) electrons. The van der Waals surface area contributed by atoms with Crippen LogP contribution in [-0.4, -0.2) is 25.7 Å². The van der Waals surface area contributed by atoms with Crippen LogP contribution < -0.4 is 10.2 Å². The normalized spacial score (nSPS) is 21.8. The van der Waals surface area contributed by atoms with Gasteiger partial charge in [0.1, 0.15) is 0 Å². The molecule has 1 aliphatic rings. The van der Waals surface area contributed by atoms with Crippen LogP contribution in [0.25, 0.3) is 0 Å². The molecule has 2 nitrogen and oxygen atoms in total. The third-order valence-electron chi connectivity index (χ3n) is 2.74. The number of benzene rings is 1. The second-order valence-electron chi connectivity index (χ2n) is 3.82. The predicted octanol–water partition coefficient (Wildman–Crippen LogP) is 1.76. The largest absolute Gasteiger partial charge is 0.364 e. The first-order valence-electron chi connectivity index (χ1n) is 5.11. The van der Waals surface area contributed by atoms with E-state index in [4.69, 9.17) is 0 Å². The van der Waals surface area contributed by atoms with E-state index in [1.165, 1.54) is 0 Å². The van der Waals surface area contributed by atoms with Gasteiger partial charge in [-0.2, -0.15) is 0 Å². The summed E-state index contributed by atoms with van der Waals surface area (Å²) in [5.74, 6) is -1.52. The van der Waals surface area contributed by atoms with Crippen molar-refractivity contribution in [3.8, 4) is 0 Å². The molecule has 1 heterocycles. The van der Waals surface area contributed by atoms with Crippen LogP contribution in [0.3, 0.4) is 0 Å². The van der Waals surface area contributed by atoms with E-state index in [2.05, 4.69) is 5.32 Å². The number of rotatable bonds is 1. The van der Waals surface area contributed by atoms with Crippen LogP contribution in [0, 0.1) is 11.6 Å². The Labute approximate surface area is 87.9 Å². The van der Waals surface area contributed by atoms with Crippen LogP contribution in [0.2, 0.25) is 0 Å². The number of nitrogens with one attached hydrogen (secondary N) is 1. The van der Waals surface area contributed by atoms with Gasteiger partial charge in [-0.05, 0) is 19.1 Å². The summed E-state index contributed by atoms with van der Waals surface area (Å²) in [6, 6.07) is 4.50. The minimum absolute atomic E-state index is 0.190. The van der Waals surface area contributed by atoms with Crippen molar-refractivity contribution in [3.05, 3.63) is 29.8 Å². The Morgan fingerprint density at radius 1 is 1.40 bits per heavy atom. The Balaban J connectivity index is 2.31. The van der Waals surface area contributed by atoms with Gasteiger partial charge in [0.2, 0.25) is 0 Å². The van der Waals surface area contributed by atoms with Gasteiger partial charge in [-0.15, -0.1) is 0 Å². The lowest BCUT2D eigenvalue weighted by atomic mass is 10.1. The van der Waals surface area contributed by atoms with Gasteiger partial charge in [-0.25, -0.2) is 8.78 Å². The fourth-order valence-corrected chi connectivity index (χ4v) is 1.91. The zero-order chi connectivity index (χ0) is 10.8. The van der Waals surface area contributed by atoms with Crippen LogP contribution in [0.1, 0.15) is 6.92 Å². The highest BCUT2D eigenvalue weighted by Crippen LogP contribution is 2.23. The maximum Gasteiger partial charge on any atom is 0.182 e. The molecule has 1 saturated heterocycles. The Bertz CT molecular complexity index is 354. The molecule has 82 valence electrons. The lowest BCUT2D eigenvalue weighted by molar-refractivity contribution is 0.472. The minimum atomic E-state index is -0.779. The van der Waals surface area contributed by atoms with Crippen molar-refractivity contribution in [1.29, 1.82) is 0 Å². The maximum absolute atomic E-state index is 13.5. The van der Waals surface area contributed by atoms with Gasteiger partial charge >= 0.3 is 0 Å². The summed E-state index contributed by atoms with van der Waals surface area (Å²) in [6.45, 7) is 4.31. The standard InChI is InChI=1S/C11H14F2N2/c1-8-7-14-5-6-15(8)10-4-2-3-9(12)11(10)13/h2-4,8,14H,5-7H2,1H3/t8-/m1/s1. The number of hydrogen-bond donors (Lipinski definition) is 1. The van der Waals surface area contributed by atoms with E-state index < -0.39 is 11.6 Å². The molecule has 15 heavy (non-hydrogen) atoms. The highest BCUT2D eigenvalue weighted by atomic mass is 19.2. The van der Waals surface area contributed by atoms with Gasteiger partial charge in [0, 0.05) is 25.7 Å². The van der Waals surface area contributed by atoms with Crippen molar-refractivity contribution >= 4 is 5.69 Å². The Morgan fingerprint density at radius 2 is 2.20 bits per heavy atom. The summed E-state index contributed by atoms with van der Waals surface area (Å²) in [4.78, 5) is 1.90.